The van der Waals surface area contributed by atoms with E-state index < -0.39 is 32.7 Å². The predicted octanol–water partition coefficient (Wildman–Crippen LogP) is -0.115. The summed E-state index contributed by atoms with van der Waals surface area (Å²) in [7, 11) is -1.90. The molecule has 1 fully saturated rings. The lowest BCUT2D eigenvalue weighted by molar-refractivity contribution is -0.157. The molecular weight excluding hydrogens is 382 g/mol. The summed E-state index contributed by atoms with van der Waals surface area (Å²) in [6.45, 7) is 5.13. The Labute approximate surface area is 154 Å². The summed E-state index contributed by atoms with van der Waals surface area (Å²) in [5.41, 5.74) is -0.426. The molecule has 0 unspecified atom stereocenters. The smallest absolute Gasteiger partial charge is 0.355 e. The van der Waals surface area contributed by atoms with Gasteiger partial charge in [0.2, 0.25) is 11.1 Å². The van der Waals surface area contributed by atoms with Gasteiger partial charge in [0.05, 0.1) is 12.2 Å². The number of amides is 1. The van der Waals surface area contributed by atoms with Crippen LogP contribution < -0.4 is 0 Å². The summed E-state index contributed by atoms with van der Waals surface area (Å²) < 4.78 is 31.7. The first-order valence-corrected chi connectivity index (χ1v) is 10.5. The average Bonchev–Trinajstić information content (AvgIpc) is 2.89. The van der Waals surface area contributed by atoms with Gasteiger partial charge < -0.3 is 4.74 Å². The summed E-state index contributed by atoms with van der Waals surface area (Å²) >= 11 is 1.19. The molecule has 0 saturated carbocycles. The van der Waals surface area contributed by atoms with Crippen LogP contribution in [0.4, 0.5) is 0 Å². The Morgan fingerprint density at radius 2 is 2.08 bits per heavy atom. The van der Waals surface area contributed by atoms with E-state index in [1.54, 1.807) is 27.8 Å². The molecule has 1 aromatic rings. The van der Waals surface area contributed by atoms with E-state index in [2.05, 4.69) is 15.5 Å². The van der Waals surface area contributed by atoms with Gasteiger partial charge in [-0.3, -0.25) is 9.69 Å². The Balaban J connectivity index is 1.97. The minimum Gasteiger partial charge on any atom is -0.455 e. The molecule has 3 heterocycles. The van der Waals surface area contributed by atoms with Crippen molar-refractivity contribution in [1.82, 2.24) is 25.1 Å². The van der Waals surface area contributed by atoms with Gasteiger partial charge in [-0.25, -0.2) is 17.9 Å². The van der Waals surface area contributed by atoms with Crippen molar-refractivity contribution in [3.63, 3.8) is 0 Å². The predicted molar refractivity (Wildman–Crippen MR) is 91.4 cm³/mol. The molecule has 12 heteroatoms. The normalized spacial score (nSPS) is 22.1. The number of aryl methyl sites for hydroxylation is 1. The number of carbonyl (C=O) groups excluding carboxylic acids is 2. The van der Waals surface area contributed by atoms with Crippen molar-refractivity contribution in [2.75, 3.05) is 11.5 Å². The van der Waals surface area contributed by atoms with Crippen molar-refractivity contribution >= 4 is 33.5 Å². The van der Waals surface area contributed by atoms with E-state index >= 15 is 0 Å². The quantitative estimate of drug-likeness (QED) is 0.386. The molecule has 0 aliphatic carbocycles. The van der Waals surface area contributed by atoms with Crippen LogP contribution in [0.25, 0.3) is 0 Å². The molecule has 1 aromatic heterocycles. The van der Waals surface area contributed by atoms with Crippen molar-refractivity contribution in [3.05, 3.63) is 11.3 Å². The molecule has 142 valence electrons. The van der Waals surface area contributed by atoms with Crippen molar-refractivity contribution < 1.29 is 22.7 Å². The second-order valence-corrected chi connectivity index (χ2v) is 10.2. The first-order chi connectivity index (χ1) is 12.0. The Morgan fingerprint density at radius 3 is 2.62 bits per heavy atom. The fraction of sp³-hybridized carbons (Fsp3) is 0.643. The molecule has 3 rings (SSSR count). The van der Waals surface area contributed by atoms with Crippen LogP contribution in [0.2, 0.25) is 0 Å². The maximum Gasteiger partial charge on any atom is 0.355 e. The molecule has 1 saturated heterocycles. The molecule has 0 aromatic carbocycles. The second-order valence-electron chi connectivity index (χ2n) is 7.06. The summed E-state index contributed by atoms with van der Waals surface area (Å²) in [6, 6.07) is 0. The molecule has 0 spiro atoms. The number of β-lactam (4-membered cyclic amide) rings is 1. The van der Waals surface area contributed by atoms with Crippen LogP contribution in [0.15, 0.2) is 16.4 Å². The second kappa shape index (κ2) is 6.34. The van der Waals surface area contributed by atoms with Crippen LogP contribution in [0.5, 0.6) is 0 Å². The molecule has 0 radical (unpaired) electrons. The van der Waals surface area contributed by atoms with Crippen LogP contribution in [0.1, 0.15) is 27.2 Å². The number of fused-ring (bicyclic) bond motifs is 1. The van der Waals surface area contributed by atoms with Crippen LogP contribution in [-0.2, 0) is 31.2 Å². The van der Waals surface area contributed by atoms with Crippen molar-refractivity contribution in [2.45, 2.75) is 43.3 Å². The fourth-order valence-electron chi connectivity index (χ4n) is 2.70. The Hall–Kier alpha value is -1.95. The first kappa shape index (κ1) is 18.8. The van der Waals surface area contributed by atoms with E-state index in [0.717, 1.165) is 4.90 Å². The number of sulfone groups is 1. The number of carbonyl (C=O) groups is 2. The van der Waals surface area contributed by atoms with E-state index in [0.29, 0.717) is 10.7 Å². The number of ether oxygens (including phenoxy) is 1. The first-order valence-electron chi connectivity index (χ1n) is 7.84. The van der Waals surface area contributed by atoms with Crippen LogP contribution in [0, 0.1) is 0 Å². The van der Waals surface area contributed by atoms with E-state index in [1.807, 2.05) is 0 Å². The Kier molecular flexibility index (Phi) is 4.59. The third kappa shape index (κ3) is 3.47. The maximum absolute atomic E-state index is 12.7. The number of hydrogen-bond donors (Lipinski definition) is 0. The van der Waals surface area contributed by atoms with Gasteiger partial charge in [0, 0.05) is 12.8 Å². The summed E-state index contributed by atoms with van der Waals surface area (Å²) in [4.78, 5) is 25.8. The lowest BCUT2D eigenvalue weighted by atomic mass is 10.1. The van der Waals surface area contributed by atoms with Gasteiger partial charge in [0.1, 0.15) is 16.7 Å². The zero-order chi connectivity index (χ0) is 19.3. The van der Waals surface area contributed by atoms with Crippen molar-refractivity contribution in [2.24, 2.45) is 7.05 Å². The third-order valence-corrected chi connectivity index (χ3v) is 6.87. The van der Waals surface area contributed by atoms with Crippen LogP contribution in [-0.4, -0.2) is 67.9 Å². The van der Waals surface area contributed by atoms with Crippen molar-refractivity contribution in [3.8, 4) is 0 Å². The average molecular weight is 401 g/mol. The minimum atomic E-state index is -3.55. The van der Waals surface area contributed by atoms with Gasteiger partial charge in [0.25, 0.3) is 0 Å². The SMILES string of the molecule is Cn1nnnc1SCC1=C(C(=O)OC(C)(C)C)N2C(=O)C[C@H]2S(=O)(=O)C1. The van der Waals surface area contributed by atoms with Crippen LogP contribution in [0.3, 0.4) is 0 Å². The molecule has 2 aliphatic rings. The minimum absolute atomic E-state index is 0.0265. The molecule has 1 atom stereocenters. The summed E-state index contributed by atoms with van der Waals surface area (Å²) in [5, 5.41) is 10.5. The Morgan fingerprint density at radius 1 is 1.38 bits per heavy atom. The number of nitrogens with zero attached hydrogens (tertiary/aromatic N) is 5. The van der Waals surface area contributed by atoms with E-state index in [9.17, 15) is 18.0 Å². The highest BCUT2D eigenvalue weighted by molar-refractivity contribution is 7.99. The van der Waals surface area contributed by atoms with Gasteiger partial charge in [-0.1, -0.05) is 11.8 Å². The number of rotatable bonds is 4. The number of hydrogen-bond acceptors (Lipinski definition) is 9. The largest absolute Gasteiger partial charge is 0.455 e. The third-order valence-electron chi connectivity index (χ3n) is 3.82. The van der Waals surface area contributed by atoms with Gasteiger partial charge in [-0.2, -0.15) is 0 Å². The highest BCUT2D eigenvalue weighted by Gasteiger charge is 2.53. The van der Waals surface area contributed by atoms with Crippen molar-refractivity contribution in [1.29, 1.82) is 0 Å². The zero-order valence-corrected chi connectivity index (χ0v) is 16.4. The fourth-order valence-corrected chi connectivity index (χ4v) is 5.54. The molecule has 10 nitrogen and oxygen atoms in total. The maximum atomic E-state index is 12.7. The molecule has 1 amide bonds. The van der Waals surface area contributed by atoms with Gasteiger partial charge >= 0.3 is 5.97 Å². The van der Waals surface area contributed by atoms with E-state index in [1.165, 1.54) is 16.4 Å². The number of tetrazole rings is 1. The zero-order valence-electron chi connectivity index (χ0n) is 14.8. The number of aromatic nitrogens is 4. The Bertz CT molecular complexity index is 899. The summed E-state index contributed by atoms with van der Waals surface area (Å²) in [6.07, 6.45) is -0.109. The monoisotopic (exact) mass is 401 g/mol. The van der Waals surface area contributed by atoms with Crippen LogP contribution >= 0.6 is 11.8 Å². The van der Waals surface area contributed by atoms with Gasteiger partial charge in [-0.15, -0.1) is 5.10 Å². The van der Waals surface area contributed by atoms with E-state index in [-0.39, 0.29) is 23.6 Å². The van der Waals surface area contributed by atoms with E-state index in [4.69, 9.17) is 4.74 Å². The highest BCUT2D eigenvalue weighted by Crippen LogP contribution is 2.38. The molecule has 2 aliphatic heterocycles. The topological polar surface area (TPSA) is 124 Å². The molecule has 0 N–H and O–H groups in total. The highest BCUT2D eigenvalue weighted by atomic mass is 32.2. The summed E-state index contributed by atoms with van der Waals surface area (Å²) in [5.74, 6) is -1.24. The number of thioether (sulfide) groups is 1. The van der Waals surface area contributed by atoms with Gasteiger partial charge in [0.15, 0.2) is 9.84 Å². The lowest BCUT2D eigenvalue weighted by Crippen LogP contribution is -2.60. The molecule has 0 bridgehead atoms. The van der Waals surface area contributed by atoms with Gasteiger partial charge in [-0.05, 0) is 36.8 Å². The lowest BCUT2D eigenvalue weighted by Gasteiger charge is -2.44. The molecule has 26 heavy (non-hydrogen) atoms. The molecular formula is C14H19N5O5S2. The number of esters is 1. The standard InChI is InChI=1S/C14H19N5O5S2/c1-14(2,3)24-12(21)11-8(6-25-13-15-16-17-18(13)4)7-26(22,23)10-5-9(20)19(10)11/h10H,5-7H2,1-4H3/t10-/m1/s1.